The molecule has 0 spiro atoms. The van der Waals surface area contributed by atoms with E-state index < -0.39 is 16.0 Å². The zero-order valence-electron chi connectivity index (χ0n) is 25.3. The number of piperidine rings is 1. The molecule has 1 heterocycles. The van der Waals surface area contributed by atoms with Crippen molar-refractivity contribution in [2.75, 3.05) is 30.6 Å². The van der Waals surface area contributed by atoms with Gasteiger partial charge in [-0.1, -0.05) is 44.7 Å². The number of ether oxygens (including phenoxy) is 1. The standard InChI is InChI=1S/C32H45N3O6S.ClH/c1-3-4-18-35(31(36)21-24-8-6-5-7-9-24)27-16-19-34(20-17-27)23-25-10-13-28(14-11-25)41-30-15-12-26(33-42(2,39)40)22-29(30)32(37)38;/h10-15,22,24,27,33H,3-9,16-21,23H2,1-2H3,(H,37,38);1H. The van der Waals surface area contributed by atoms with Crippen LogP contribution < -0.4 is 9.46 Å². The summed E-state index contributed by atoms with van der Waals surface area (Å²) in [6.07, 6.45) is 12.1. The molecule has 2 aromatic rings. The number of benzene rings is 2. The number of nitrogens with one attached hydrogen (secondary N) is 1. The Bertz CT molecular complexity index is 1310. The maximum absolute atomic E-state index is 13.3. The van der Waals surface area contributed by atoms with Gasteiger partial charge in [-0.3, -0.25) is 14.4 Å². The Balaban J connectivity index is 0.00000506. The molecule has 1 amide bonds. The van der Waals surface area contributed by atoms with Gasteiger partial charge in [0.05, 0.1) is 6.26 Å². The Morgan fingerprint density at radius 1 is 1.02 bits per heavy atom. The smallest absolute Gasteiger partial charge is 0.339 e. The third-order valence-electron chi connectivity index (χ3n) is 8.33. The molecule has 1 aliphatic heterocycles. The summed E-state index contributed by atoms with van der Waals surface area (Å²) in [7, 11) is -3.53. The van der Waals surface area contributed by atoms with E-state index >= 15 is 0 Å². The van der Waals surface area contributed by atoms with E-state index in [-0.39, 0.29) is 29.4 Å². The van der Waals surface area contributed by atoms with E-state index in [2.05, 4.69) is 21.4 Å². The van der Waals surface area contributed by atoms with E-state index in [4.69, 9.17) is 4.74 Å². The van der Waals surface area contributed by atoms with Gasteiger partial charge in [0.25, 0.3) is 0 Å². The molecule has 4 rings (SSSR count). The number of hydrogen-bond donors (Lipinski definition) is 2. The number of carboxylic acids is 1. The lowest BCUT2D eigenvalue weighted by Crippen LogP contribution is -2.48. The van der Waals surface area contributed by atoms with Crippen molar-refractivity contribution >= 4 is 40.0 Å². The van der Waals surface area contributed by atoms with E-state index in [0.717, 1.165) is 63.7 Å². The number of hydrogen-bond acceptors (Lipinski definition) is 6. The molecule has 2 N–H and O–H groups in total. The van der Waals surface area contributed by atoms with E-state index in [9.17, 15) is 23.1 Å². The summed E-state index contributed by atoms with van der Waals surface area (Å²) in [5.41, 5.74) is 1.15. The molecule has 2 aromatic carbocycles. The average molecular weight is 636 g/mol. The summed E-state index contributed by atoms with van der Waals surface area (Å²) in [4.78, 5) is 29.7. The Hall–Kier alpha value is -2.82. The highest BCUT2D eigenvalue weighted by Gasteiger charge is 2.29. The first-order valence-electron chi connectivity index (χ1n) is 15.2. The van der Waals surface area contributed by atoms with Crippen LogP contribution in [0.2, 0.25) is 0 Å². The lowest BCUT2D eigenvalue weighted by molar-refractivity contribution is -0.136. The molecule has 11 heteroatoms. The number of halogens is 1. The van der Waals surface area contributed by atoms with Gasteiger partial charge in [0.2, 0.25) is 15.9 Å². The van der Waals surface area contributed by atoms with Crippen LogP contribution in [0.15, 0.2) is 42.5 Å². The molecule has 0 unspecified atom stereocenters. The first-order chi connectivity index (χ1) is 20.1. The second-order valence-electron chi connectivity index (χ2n) is 11.8. The minimum Gasteiger partial charge on any atom is -0.478 e. The number of aromatic carboxylic acids is 1. The highest BCUT2D eigenvalue weighted by atomic mass is 35.5. The molecule has 43 heavy (non-hydrogen) atoms. The van der Waals surface area contributed by atoms with Gasteiger partial charge in [-0.25, -0.2) is 13.2 Å². The van der Waals surface area contributed by atoms with Crippen molar-refractivity contribution in [3.05, 3.63) is 53.6 Å². The molecule has 1 saturated heterocycles. The fourth-order valence-electron chi connectivity index (χ4n) is 6.10. The Morgan fingerprint density at radius 2 is 1.70 bits per heavy atom. The minimum atomic E-state index is -3.53. The van der Waals surface area contributed by atoms with Crippen LogP contribution in [0.5, 0.6) is 11.5 Å². The Kier molecular flexibility index (Phi) is 13.1. The number of rotatable bonds is 13. The van der Waals surface area contributed by atoms with Crippen molar-refractivity contribution in [2.45, 2.75) is 83.7 Å². The lowest BCUT2D eigenvalue weighted by atomic mass is 9.86. The molecular formula is C32H46ClN3O6S. The third-order valence-corrected chi connectivity index (χ3v) is 8.94. The maximum Gasteiger partial charge on any atom is 0.339 e. The van der Waals surface area contributed by atoms with Crippen molar-refractivity contribution in [3.8, 4) is 11.5 Å². The summed E-state index contributed by atoms with van der Waals surface area (Å²) in [6, 6.07) is 12.0. The van der Waals surface area contributed by atoms with Gasteiger partial charge in [0, 0.05) is 44.3 Å². The number of carbonyl (C=O) groups excluding carboxylic acids is 1. The number of sulfonamides is 1. The SMILES string of the molecule is CCCCN(C(=O)CC1CCCCC1)C1CCN(Cc2ccc(Oc3ccc(NS(C)(=O)=O)cc3C(=O)O)cc2)CC1.Cl. The van der Waals surface area contributed by atoms with Gasteiger partial charge in [-0.15, -0.1) is 12.4 Å². The Morgan fingerprint density at radius 3 is 2.30 bits per heavy atom. The van der Waals surface area contributed by atoms with Crippen LogP contribution in [0.4, 0.5) is 5.69 Å². The molecule has 0 radical (unpaired) electrons. The highest BCUT2D eigenvalue weighted by Crippen LogP contribution is 2.30. The first-order valence-corrected chi connectivity index (χ1v) is 17.1. The second kappa shape index (κ2) is 16.3. The molecule has 0 aromatic heterocycles. The molecule has 2 fully saturated rings. The number of anilines is 1. The predicted octanol–water partition coefficient (Wildman–Crippen LogP) is 6.53. The largest absolute Gasteiger partial charge is 0.478 e. The van der Waals surface area contributed by atoms with Crippen LogP contribution >= 0.6 is 12.4 Å². The first kappa shape index (κ1) is 34.7. The van der Waals surface area contributed by atoms with Gasteiger partial charge < -0.3 is 14.7 Å². The van der Waals surface area contributed by atoms with Gasteiger partial charge in [-0.05, 0) is 73.9 Å². The van der Waals surface area contributed by atoms with E-state index in [0.29, 0.717) is 30.0 Å². The number of likely N-dealkylation sites (tertiary alicyclic amines) is 1. The Labute approximate surface area is 262 Å². The summed E-state index contributed by atoms with van der Waals surface area (Å²) in [6.45, 7) is 5.73. The minimum absolute atomic E-state index is 0. The van der Waals surface area contributed by atoms with Crippen molar-refractivity contribution in [2.24, 2.45) is 5.92 Å². The number of carbonyl (C=O) groups is 2. The van der Waals surface area contributed by atoms with Crippen molar-refractivity contribution < 1.29 is 27.9 Å². The number of unbranched alkanes of at least 4 members (excludes halogenated alkanes) is 1. The average Bonchev–Trinajstić information content (AvgIpc) is 2.95. The van der Waals surface area contributed by atoms with Crippen LogP contribution in [-0.4, -0.2) is 67.1 Å². The molecule has 238 valence electrons. The van der Waals surface area contributed by atoms with Crippen LogP contribution in [0.1, 0.15) is 87.1 Å². The molecular weight excluding hydrogens is 590 g/mol. The van der Waals surface area contributed by atoms with E-state index in [1.807, 2.05) is 24.3 Å². The summed E-state index contributed by atoms with van der Waals surface area (Å²) >= 11 is 0. The maximum atomic E-state index is 13.3. The van der Waals surface area contributed by atoms with Crippen LogP contribution in [0.25, 0.3) is 0 Å². The third kappa shape index (κ3) is 10.7. The normalized spacial score (nSPS) is 16.7. The second-order valence-corrected chi connectivity index (χ2v) is 13.5. The molecule has 9 nitrogen and oxygen atoms in total. The molecule has 0 atom stereocenters. The van der Waals surface area contributed by atoms with Gasteiger partial charge in [0.1, 0.15) is 17.1 Å². The van der Waals surface area contributed by atoms with E-state index in [1.54, 1.807) is 0 Å². The summed E-state index contributed by atoms with van der Waals surface area (Å²) < 4.78 is 31.1. The molecule has 0 bridgehead atoms. The fraction of sp³-hybridized carbons (Fsp3) is 0.562. The van der Waals surface area contributed by atoms with Crippen LogP contribution in [0.3, 0.4) is 0 Å². The monoisotopic (exact) mass is 635 g/mol. The zero-order chi connectivity index (χ0) is 30.1. The summed E-state index contributed by atoms with van der Waals surface area (Å²) in [5, 5.41) is 9.61. The number of amides is 1. The van der Waals surface area contributed by atoms with Crippen molar-refractivity contribution in [1.29, 1.82) is 0 Å². The lowest BCUT2D eigenvalue weighted by Gasteiger charge is -2.39. The van der Waals surface area contributed by atoms with Gasteiger partial charge >= 0.3 is 5.97 Å². The summed E-state index contributed by atoms with van der Waals surface area (Å²) in [5.74, 6) is 0.325. The molecule has 1 saturated carbocycles. The van der Waals surface area contributed by atoms with Crippen molar-refractivity contribution in [1.82, 2.24) is 9.80 Å². The number of carboxylic acid groups (broad SMARTS) is 1. The fourth-order valence-corrected chi connectivity index (χ4v) is 6.65. The van der Waals surface area contributed by atoms with Crippen LogP contribution in [0, 0.1) is 5.92 Å². The number of nitrogens with zero attached hydrogens (tertiary/aromatic N) is 2. The molecule has 1 aliphatic carbocycles. The van der Waals surface area contributed by atoms with Crippen molar-refractivity contribution in [3.63, 3.8) is 0 Å². The highest BCUT2D eigenvalue weighted by molar-refractivity contribution is 7.92. The zero-order valence-corrected chi connectivity index (χ0v) is 26.9. The van der Waals surface area contributed by atoms with Crippen LogP contribution in [-0.2, 0) is 21.4 Å². The topological polar surface area (TPSA) is 116 Å². The quantitative estimate of drug-likeness (QED) is 0.257. The van der Waals surface area contributed by atoms with Gasteiger partial charge in [-0.2, -0.15) is 0 Å². The predicted molar refractivity (Wildman–Crippen MR) is 172 cm³/mol. The van der Waals surface area contributed by atoms with Gasteiger partial charge in [0.15, 0.2) is 0 Å². The molecule has 2 aliphatic rings. The van der Waals surface area contributed by atoms with E-state index in [1.165, 1.54) is 50.3 Å².